The Bertz CT molecular complexity index is 2600. The quantitative estimate of drug-likeness (QED) is 0.0330. The summed E-state index contributed by atoms with van der Waals surface area (Å²) in [6.07, 6.45) is -36.6. The van der Waals surface area contributed by atoms with Crippen LogP contribution in [0.5, 0.6) is 0 Å². The standard InChI is InChI=1S/C32H12BF24.C24H38IO2/c34-25(35,36)13-1-14(26(37,38)39)6-21(5-13)33(22-7-15(27(40,41)42)2-16(8-22)28(43,44)45,23-9-17(29(46,47)48)3-18(10-23)30(49,50)51)24-11-19(31(52,53)54)4-20(12-24)32(55,56)57;1-3-5-7-9-11-13-15-21-17-19-23(26-21)25-24-20-18-22(27-24)16-14-12-10-8-6-4-2/h1-12H;17-20H,3-16H2,1-2H3/q-1;+1. The van der Waals surface area contributed by atoms with Crippen LogP contribution in [0.3, 0.4) is 0 Å². The molecule has 0 unspecified atom stereocenters. The molecule has 2 heterocycles. The fourth-order valence-electron chi connectivity index (χ4n) is 9.40. The minimum Gasteiger partial charge on any atom is -0.423 e. The molecule has 0 aliphatic carbocycles. The van der Waals surface area contributed by atoms with Crippen LogP contribution < -0.4 is 43.1 Å². The highest BCUT2D eigenvalue weighted by atomic mass is 127. The van der Waals surface area contributed by atoms with Crippen LogP contribution in [0.4, 0.5) is 105 Å². The SMILES string of the molecule is CCCCCCCCc1ccc([I+]c2ccc(CCCCCCCC)o2)o1.FC(F)(F)c1cc([B-](c2cc(C(F)(F)F)cc(C(F)(F)F)c2)(c2cc(C(F)(F)F)cc(C(F)(F)F)c2)c2cc(C(F)(F)F)cc(C(F)(F)F)c2)cc(C(F)(F)F)c1. The van der Waals surface area contributed by atoms with E-state index in [1.807, 2.05) is 0 Å². The lowest BCUT2D eigenvalue weighted by Crippen LogP contribution is -3.61. The third-order valence-electron chi connectivity index (χ3n) is 13.4. The van der Waals surface area contributed by atoms with Gasteiger partial charge in [-0.05, 0) is 49.2 Å². The van der Waals surface area contributed by atoms with Gasteiger partial charge < -0.3 is 8.83 Å². The summed E-state index contributed by atoms with van der Waals surface area (Å²) in [7, 11) is 0. The van der Waals surface area contributed by atoms with Crippen LogP contribution in [0.25, 0.3) is 0 Å². The number of benzene rings is 4. The molecule has 0 saturated heterocycles. The number of unbranched alkanes of at least 4 members (excludes halogenated alkanes) is 10. The fraction of sp³-hybridized carbons (Fsp3) is 0.429. The van der Waals surface area contributed by atoms with Gasteiger partial charge in [0.2, 0.25) is 0 Å². The van der Waals surface area contributed by atoms with Crippen molar-refractivity contribution in [3.63, 3.8) is 0 Å². The van der Waals surface area contributed by atoms with E-state index >= 15 is 0 Å². The molecule has 0 spiro atoms. The first-order valence-corrected chi connectivity index (χ1v) is 27.9. The van der Waals surface area contributed by atoms with Crippen molar-refractivity contribution in [2.75, 3.05) is 0 Å². The van der Waals surface area contributed by atoms with Crippen molar-refractivity contribution in [3.8, 4) is 0 Å². The first-order chi connectivity index (χ1) is 38.6. The van der Waals surface area contributed by atoms with E-state index in [0.29, 0.717) is 0 Å². The zero-order valence-corrected chi connectivity index (χ0v) is 46.1. The first-order valence-electron chi connectivity index (χ1n) is 25.8. The molecular formula is C56H50BF24IO2. The second-order valence-corrected chi connectivity index (χ2v) is 22.4. The number of aryl methyl sites for hydroxylation is 2. The number of alkyl halides is 24. The molecule has 0 saturated carbocycles. The number of hydrogen-bond acceptors (Lipinski definition) is 2. The second kappa shape index (κ2) is 27.1. The molecule has 464 valence electrons. The van der Waals surface area contributed by atoms with E-state index in [1.54, 1.807) is 0 Å². The van der Waals surface area contributed by atoms with E-state index in [4.69, 9.17) is 8.83 Å². The minimum absolute atomic E-state index is 0.319. The van der Waals surface area contributed by atoms with Crippen LogP contribution in [0, 0.1) is 7.53 Å². The molecular weight excluding hydrogens is 1300 g/mol. The third-order valence-corrected chi connectivity index (χ3v) is 15.7. The van der Waals surface area contributed by atoms with Crippen molar-refractivity contribution in [3.05, 3.63) is 161 Å². The first kappa shape index (κ1) is 69.3. The minimum atomic E-state index is -6.13. The second-order valence-electron chi connectivity index (χ2n) is 19.8. The van der Waals surface area contributed by atoms with Crippen molar-refractivity contribution in [1.82, 2.24) is 0 Å². The van der Waals surface area contributed by atoms with E-state index in [0.717, 1.165) is 31.9 Å². The summed E-state index contributed by atoms with van der Waals surface area (Å²) in [5.74, 6) is 2.30. The Hall–Kier alpha value is -5.45. The number of furan rings is 2. The summed E-state index contributed by atoms with van der Waals surface area (Å²) in [4.78, 5) is 0. The highest BCUT2D eigenvalue weighted by molar-refractivity contribution is 7.20. The molecule has 0 fully saturated rings. The van der Waals surface area contributed by atoms with E-state index in [9.17, 15) is 105 Å². The van der Waals surface area contributed by atoms with Gasteiger partial charge in [0.05, 0.1) is 44.5 Å². The van der Waals surface area contributed by atoms with Gasteiger partial charge in [-0.2, -0.15) is 127 Å². The Kier molecular flexibility index (Phi) is 22.3. The molecule has 6 aromatic rings. The van der Waals surface area contributed by atoms with Crippen molar-refractivity contribution in [1.29, 1.82) is 0 Å². The number of halogens is 25. The van der Waals surface area contributed by atoms with Crippen molar-refractivity contribution < 1.29 is 135 Å². The van der Waals surface area contributed by atoms with Crippen LogP contribution in [0.1, 0.15) is 147 Å². The van der Waals surface area contributed by atoms with E-state index in [-0.39, 0.29) is 21.2 Å². The van der Waals surface area contributed by atoms with Crippen molar-refractivity contribution in [2.24, 2.45) is 0 Å². The Balaban J connectivity index is 0.000000398. The van der Waals surface area contributed by atoms with E-state index in [1.165, 1.54) is 77.0 Å². The predicted molar refractivity (Wildman–Crippen MR) is 259 cm³/mol. The maximum absolute atomic E-state index is 14.2. The maximum atomic E-state index is 14.2. The predicted octanol–water partition coefficient (Wildman–Crippen LogP) is 16.0. The average molecular weight is 1350 g/mol. The van der Waals surface area contributed by atoms with Crippen LogP contribution >= 0.6 is 0 Å². The molecule has 2 nitrogen and oxygen atoms in total. The summed E-state index contributed by atoms with van der Waals surface area (Å²) < 4.78 is 355. The summed E-state index contributed by atoms with van der Waals surface area (Å²) in [5, 5.41) is 0. The zero-order valence-electron chi connectivity index (χ0n) is 44.0. The van der Waals surface area contributed by atoms with Gasteiger partial charge in [-0.3, -0.25) is 0 Å². The van der Waals surface area contributed by atoms with Crippen LogP contribution in [0.2, 0.25) is 0 Å². The van der Waals surface area contributed by atoms with Gasteiger partial charge in [0.25, 0.3) is 0 Å². The average Bonchev–Trinajstić information content (AvgIpc) is 0.830. The Morgan fingerprint density at radius 2 is 0.488 bits per heavy atom. The molecule has 0 amide bonds. The highest BCUT2D eigenvalue weighted by Crippen LogP contribution is 2.41. The summed E-state index contributed by atoms with van der Waals surface area (Å²) in [6.45, 7) is 4.54. The van der Waals surface area contributed by atoms with Crippen molar-refractivity contribution >= 4 is 28.0 Å². The molecule has 0 aliphatic heterocycles. The van der Waals surface area contributed by atoms with Gasteiger partial charge >= 0.3 is 78.1 Å². The largest absolute Gasteiger partial charge is 0.442 e. The molecule has 0 atom stereocenters. The topological polar surface area (TPSA) is 26.3 Å². The van der Waals surface area contributed by atoms with Crippen molar-refractivity contribution in [2.45, 2.75) is 153 Å². The summed E-state index contributed by atoms with van der Waals surface area (Å²) >= 11 is -0.319. The zero-order chi connectivity index (χ0) is 63.1. The lowest BCUT2D eigenvalue weighted by Gasteiger charge is -2.46. The Labute approximate surface area is 475 Å². The maximum Gasteiger partial charge on any atom is 0.442 e. The third kappa shape index (κ3) is 18.8. The van der Waals surface area contributed by atoms with Gasteiger partial charge in [0, 0.05) is 25.0 Å². The Morgan fingerprint density at radius 3 is 0.690 bits per heavy atom. The van der Waals surface area contributed by atoms with Gasteiger partial charge in [-0.1, -0.05) is 127 Å². The molecule has 28 heteroatoms. The smallest absolute Gasteiger partial charge is 0.423 e. The van der Waals surface area contributed by atoms with Crippen LogP contribution in [-0.4, -0.2) is 6.15 Å². The monoisotopic (exact) mass is 1350 g/mol. The molecule has 4 aromatic carbocycles. The molecule has 84 heavy (non-hydrogen) atoms. The Morgan fingerprint density at radius 1 is 0.286 bits per heavy atom. The lowest BCUT2D eigenvalue weighted by molar-refractivity contribution is -0.636. The molecule has 0 aliphatic rings. The molecule has 0 radical (unpaired) electrons. The van der Waals surface area contributed by atoms with Gasteiger partial charge in [0.1, 0.15) is 17.7 Å². The van der Waals surface area contributed by atoms with Gasteiger partial charge in [0.15, 0.2) is 0 Å². The number of rotatable bonds is 20. The highest BCUT2D eigenvalue weighted by Gasteiger charge is 2.47. The molecule has 0 N–H and O–H groups in total. The molecule has 6 rings (SSSR count). The summed E-state index contributed by atoms with van der Waals surface area (Å²) in [6, 6.07) is -0.150. The van der Waals surface area contributed by atoms with Crippen LogP contribution in [0.15, 0.2) is 106 Å². The fourth-order valence-corrected chi connectivity index (χ4v) is 11.4. The lowest BCUT2D eigenvalue weighted by atomic mass is 9.12. The summed E-state index contributed by atoms with van der Waals surface area (Å²) in [5.41, 5.74) is -30.2. The number of hydrogen-bond donors (Lipinski definition) is 0. The van der Waals surface area contributed by atoms with Gasteiger partial charge in [-0.15, -0.1) is 0 Å². The van der Waals surface area contributed by atoms with Gasteiger partial charge in [-0.25, -0.2) is 0 Å². The van der Waals surface area contributed by atoms with E-state index < -0.39 is 195 Å². The molecule has 2 aromatic heterocycles. The molecule has 0 bridgehead atoms. The van der Waals surface area contributed by atoms with E-state index in [2.05, 4.69) is 38.1 Å². The normalized spacial score (nSPS) is 13.4. The van der Waals surface area contributed by atoms with Crippen LogP contribution in [-0.2, 0) is 62.3 Å².